The molecule has 7 heteroatoms. The van der Waals surface area contributed by atoms with E-state index in [-0.39, 0.29) is 5.91 Å². The van der Waals surface area contributed by atoms with E-state index in [9.17, 15) is 4.79 Å². The second kappa shape index (κ2) is 10.1. The van der Waals surface area contributed by atoms with E-state index in [1.165, 1.54) is 62.3 Å². The Balaban J connectivity index is 1.36. The number of aromatic nitrogens is 3. The molecule has 1 amide bonds. The van der Waals surface area contributed by atoms with E-state index in [0.717, 1.165) is 42.5 Å². The predicted octanol–water partition coefficient (Wildman–Crippen LogP) is 5.14. The number of hydrogen-bond donors (Lipinski definition) is 1. The lowest BCUT2D eigenvalue weighted by Gasteiger charge is -2.25. The molecule has 156 valence electrons. The Morgan fingerprint density at radius 3 is 2.86 bits per heavy atom. The van der Waals surface area contributed by atoms with Gasteiger partial charge in [0.1, 0.15) is 0 Å². The van der Waals surface area contributed by atoms with Crippen LogP contribution in [0.1, 0.15) is 70.3 Å². The Morgan fingerprint density at radius 2 is 2.10 bits per heavy atom. The van der Waals surface area contributed by atoms with E-state index >= 15 is 0 Å². The van der Waals surface area contributed by atoms with Crippen LogP contribution in [0.3, 0.4) is 0 Å². The average Bonchev–Trinajstić information content (AvgIpc) is 3.43. The molecule has 4 rings (SSSR count). The molecule has 2 aliphatic rings. The molecule has 0 bridgehead atoms. The van der Waals surface area contributed by atoms with Gasteiger partial charge in [-0.2, -0.15) is 0 Å². The van der Waals surface area contributed by atoms with Crippen LogP contribution in [-0.4, -0.2) is 33.0 Å². The van der Waals surface area contributed by atoms with Crippen molar-refractivity contribution < 1.29 is 9.21 Å². The normalized spacial score (nSPS) is 17.9. The smallest absolute Gasteiger partial charge is 0.230 e. The van der Waals surface area contributed by atoms with Crippen LogP contribution in [0.25, 0.3) is 11.6 Å². The third kappa shape index (κ3) is 5.32. The number of rotatable bonds is 8. The molecule has 0 radical (unpaired) electrons. The second-order valence-electron chi connectivity index (χ2n) is 7.94. The number of nitrogens with one attached hydrogen (secondary N) is 1. The van der Waals surface area contributed by atoms with Gasteiger partial charge in [0.25, 0.3) is 0 Å². The highest BCUT2D eigenvalue weighted by Gasteiger charge is 2.25. The van der Waals surface area contributed by atoms with Gasteiger partial charge in [0.2, 0.25) is 11.7 Å². The third-order valence-corrected chi connectivity index (χ3v) is 6.77. The minimum atomic E-state index is 0.0594. The second-order valence-corrected chi connectivity index (χ2v) is 8.88. The Bertz CT molecular complexity index is 822. The SMILES string of the molecule is O=C(CSc1nnc(-c2ccco2)n1C1CCCCC1)NCCC1=CCCCC1. The van der Waals surface area contributed by atoms with Gasteiger partial charge in [0.05, 0.1) is 12.0 Å². The minimum absolute atomic E-state index is 0.0594. The Hall–Kier alpha value is -2.02. The van der Waals surface area contributed by atoms with E-state index in [1.807, 2.05) is 12.1 Å². The highest BCUT2D eigenvalue weighted by Crippen LogP contribution is 2.35. The summed E-state index contributed by atoms with van der Waals surface area (Å²) in [6.45, 7) is 0.720. The molecular weight excluding hydrogens is 384 g/mol. The maximum absolute atomic E-state index is 12.4. The molecule has 2 aromatic rings. The molecule has 6 nitrogen and oxygen atoms in total. The van der Waals surface area contributed by atoms with E-state index in [2.05, 4.69) is 26.2 Å². The van der Waals surface area contributed by atoms with E-state index in [0.29, 0.717) is 11.8 Å². The first kappa shape index (κ1) is 20.3. The summed E-state index contributed by atoms with van der Waals surface area (Å²) in [6.07, 6.45) is 15.9. The Labute approximate surface area is 176 Å². The van der Waals surface area contributed by atoms with Gasteiger partial charge >= 0.3 is 0 Å². The van der Waals surface area contributed by atoms with E-state index in [4.69, 9.17) is 4.42 Å². The summed E-state index contributed by atoms with van der Waals surface area (Å²) in [4.78, 5) is 12.4. The molecule has 0 aromatic carbocycles. The van der Waals surface area contributed by atoms with Crippen molar-refractivity contribution in [2.24, 2.45) is 0 Å². The Kier molecular flexibility index (Phi) is 7.09. The van der Waals surface area contributed by atoms with Crippen molar-refractivity contribution in [2.75, 3.05) is 12.3 Å². The fourth-order valence-electron chi connectivity index (χ4n) is 4.29. The molecule has 0 atom stereocenters. The van der Waals surface area contributed by atoms with Crippen LogP contribution in [0.5, 0.6) is 0 Å². The number of allylic oxidation sites excluding steroid dienone is 1. The molecule has 0 spiro atoms. The summed E-state index contributed by atoms with van der Waals surface area (Å²) in [6, 6.07) is 4.17. The largest absolute Gasteiger partial charge is 0.461 e. The van der Waals surface area contributed by atoms with Gasteiger partial charge in [-0.1, -0.05) is 42.7 Å². The molecule has 2 aliphatic carbocycles. The number of hydrogen-bond acceptors (Lipinski definition) is 5. The van der Waals surface area contributed by atoms with Crippen molar-refractivity contribution in [2.45, 2.75) is 75.4 Å². The van der Waals surface area contributed by atoms with E-state index in [1.54, 1.807) is 6.26 Å². The van der Waals surface area contributed by atoms with Crippen LogP contribution in [0.2, 0.25) is 0 Å². The first-order chi connectivity index (χ1) is 14.3. The maximum Gasteiger partial charge on any atom is 0.230 e. The van der Waals surface area contributed by atoms with Crippen LogP contribution < -0.4 is 5.32 Å². The van der Waals surface area contributed by atoms with Gasteiger partial charge in [-0.15, -0.1) is 10.2 Å². The number of nitrogens with zero attached hydrogens (tertiary/aromatic N) is 3. The molecule has 0 saturated heterocycles. The molecule has 1 N–H and O–H groups in total. The summed E-state index contributed by atoms with van der Waals surface area (Å²) in [5.41, 5.74) is 1.49. The summed E-state index contributed by atoms with van der Waals surface area (Å²) >= 11 is 1.47. The molecular formula is C22H30N4O2S. The van der Waals surface area contributed by atoms with Gasteiger partial charge in [-0.25, -0.2) is 0 Å². The molecule has 2 aromatic heterocycles. The van der Waals surface area contributed by atoms with Crippen LogP contribution in [0.15, 0.2) is 39.6 Å². The fraction of sp³-hybridized carbons (Fsp3) is 0.591. The lowest BCUT2D eigenvalue weighted by molar-refractivity contribution is -0.118. The lowest BCUT2D eigenvalue weighted by Crippen LogP contribution is -2.26. The van der Waals surface area contributed by atoms with Gasteiger partial charge in [-0.05, 0) is 57.1 Å². The fourth-order valence-corrected chi connectivity index (χ4v) is 5.13. The molecule has 1 fully saturated rings. The van der Waals surface area contributed by atoms with Crippen LogP contribution in [0.4, 0.5) is 0 Å². The number of carbonyl (C=O) groups is 1. The zero-order chi connectivity index (χ0) is 19.9. The van der Waals surface area contributed by atoms with Crippen molar-refractivity contribution in [1.29, 1.82) is 0 Å². The number of amides is 1. The van der Waals surface area contributed by atoms with Crippen molar-refractivity contribution >= 4 is 17.7 Å². The average molecular weight is 415 g/mol. The molecule has 1 saturated carbocycles. The van der Waals surface area contributed by atoms with Crippen LogP contribution >= 0.6 is 11.8 Å². The van der Waals surface area contributed by atoms with Crippen molar-refractivity contribution in [3.63, 3.8) is 0 Å². The third-order valence-electron chi connectivity index (χ3n) is 5.83. The van der Waals surface area contributed by atoms with Gasteiger partial charge in [-0.3, -0.25) is 9.36 Å². The standard InChI is InChI=1S/C22H30N4O2S/c27-20(23-14-13-17-8-3-1-4-9-17)16-29-22-25-24-21(19-12-7-15-28-19)26(22)18-10-5-2-6-11-18/h7-8,12,15,18H,1-6,9-11,13-14,16H2,(H,23,27). The van der Waals surface area contributed by atoms with Crippen molar-refractivity contribution in [3.05, 3.63) is 30.0 Å². The first-order valence-electron chi connectivity index (χ1n) is 10.9. The van der Waals surface area contributed by atoms with Gasteiger partial charge < -0.3 is 9.73 Å². The molecule has 0 unspecified atom stereocenters. The summed E-state index contributed by atoms with van der Waals surface area (Å²) < 4.78 is 7.78. The quantitative estimate of drug-likeness (QED) is 0.478. The monoisotopic (exact) mass is 414 g/mol. The summed E-state index contributed by atoms with van der Waals surface area (Å²) in [5.74, 6) is 1.93. The summed E-state index contributed by atoms with van der Waals surface area (Å²) in [5, 5.41) is 12.7. The van der Waals surface area contributed by atoms with E-state index < -0.39 is 0 Å². The lowest BCUT2D eigenvalue weighted by atomic mass is 9.95. The number of thioether (sulfide) groups is 1. The minimum Gasteiger partial charge on any atom is -0.461 e. The zero-order valence-corrected chi connectivity index (χ0v) is 17.8. The van der Waals surface area contributed by atoms with Crippen LogP contribution in [0, 0.1) is 0 Å². The highest BCUT2D eigenvalue weighted by atomic mass is 32.2. The summed E-state index contributed by atoms with van der Waals surface area (Å²) in [7, 11) is 0. The number of carbonyl (C=O) groups excluding carboxylic acids is 1. The van der Waals surface area contributed by atoms with Crippen molar-refractivity contribution in [3.8, 4) is 11.6 Å². The first-order valence-corrected chi connectivity index (χ1v) is 11.9. The topological polar surface area (TPSA) is 73.0 Å². The van der Waals surface area contributed by atoms with Gasteiger partial charge in [0, 0.05) is 12.6 Å². The molecule has 0 aliphatic heterocycles. The highest BCUT2D eigenvalue weighted by molar-refractivity contribution is 7.99. The zero-order valence-electron chi connectivity index (χ0n) is 16.9. The van der Waals surface area contributed by atoms with Crippen LogP contribution in [-0.2, 0) is 4.79 Å². The predicted molar refractivity (Wildman–Crippen MR) is 115 cm³/mol. The van der Waals surface area contributed by atoms with Crippen molar-refractivity contribution in [1.82, 2.24) is 20.1 Å². The Morgan fingerprint density at radius 1 is 1.21 bits per heavy atom. The number of furan rings is 1. The molecule has 29 heavy (non-hydrogen) atoms. The maximum atomic E-state index is 12.4. The van der Waals surface area contributed by atoms with Gasteiger partial charge in [0.15, 0.2) is 10.9 Å². The molecule has 2 heterocycles.